The first-order valence-electron chi connectivity index (χ1n) is 13.2. The van der Waals surface area contributed by atoms with Gasteiger partial charge in [0.1, 0.15) is 0 Å². The molecule has 0 unspecified atom stereocenters. The molecule has 2 saturated heterocycles. The summed E-state index contributed by atoms with van der Waals surface area (Å²) in [4.78, 5) is 24.7. The van der Waals surface area contributed by atoms with Crippen LogP contribution in [0.25, 0.3) is 11.3 Å². The SMILES string of the molecule is Cc1cnc(NC2CCN(S(=O)(=O)CCCN3CCN(C)C(=O)C3)CC2)nc1-c1cnn(CC(C)(C)O)c1. The molecule has 0 radical (unpaired) electrons. The van der Waals surface area contributed by atoms with Gasteiger partial charge in [0, 0.05) is 57.2 Å². The largest absolute Gasteiger partial charge is 0.389 e. The molecule has 2 aromatic rings. The average molecular weight is 549 g/mol. The zero-order chi connectivity index (χ0) is 27.5. The number of nitrogens with one attached hydrogen (secondary N) is 1. The fraction of sp³-hybridized carbons (Fsp3) is 0.680. The van der Waals surface area contributed by atoms with E-state index in [1.807, 2.05) is 18.0 Å². The number of aromatic nitrogens is 4. The van der Waals surface area contributed by atoms with E-state index < -0.39 is 15.6 Å². The van der Waals surface area contributed by atoms with Crippen molar-refractivity contribution >= 4 is 21.9 Å². The topological polar surface area (TPSA) is 137 Å². The van der Waals surface area contributed by atoms with Crippen LogP contribution in [-0.2, 0) is 21.4 Å². The van der Waals surface area contributed by atoms with E-state index in [1.54, 1.807) is 47.2 Å². The maximum Gasteiger partial charge on any atom is 0.236 e. The molecule has 0 aromatic carbocycles. The van der Waals surface area contributed by atoms with Crippen molar-refractivity contribution < 1.29 is 18.3 Å². The van der Waals surface area contributed by atoms with Crippen LogP contribution in [0.2, 0.25) is 0 Å². The second kappa shape index (κ2) is 11.6. The summed E-state index contributed by atoms with van der Waals surface area (Å²) in [6.45, 7) is 9.14. The number of aryl methyl sites for hydroxylation is 1. The van der Waals surface area contributed by atoms with Crippen molar-refractivity contribution in [3.8, 4) is 11.3 Å². The molecular formula is C25H40N8O4S. The highest BCUT2D eigenvalue weighted by molar-refractivity contribution is 7.89. The summed E-state index contributed by atoms with van der Waals surface area (Å²) in [6.07, 6.45) is 7.22. The summed E-state index contributed by atoms with van der Waals surface area (Å²) in [6, 6.07) is 0.0752. The van der Waals surface area contributed by atoms with E-state index in [-0.39, 0.29) is 17.7 Å². The third-order valence-corrected chi connectivity index (χ3v) is 8.98. The Morgan fingerprint density at radius 1 is 1.16 bits per heavy atom. The van der Waals surface area contributed by atoms with Crippen molar-refractivity contribution in [2.75, 3.05) is 57.4 Å². The van der Waals surface area contributed by atoms with Crippen molar-refractivity contribution in [2.24, 2.45) is 0 Å². The maximum absolute atomic E-state index is 12.9. The summed E-state index contributed by atoms with van der Waals surface area (Å²) in [5, 5.41) is 17.8. The van der Waals surface area contributed by atoms with Gasteiger partial charge in [0.05, 0.1) is 36.3 Å². The number of carbonyl (C=O) groups is 1. The lowest BCUT2D eigenvalue weighted by Gasteiger charge is -2.33. The number of piperazine rings is 1. The van der Waals surface area contributed by atoms with E-state index in [2.05, 4.69) is 15.4 Å². The van der Waals surface area contributed by atoms with Crippen molar-refractivity contribution in [3.63, 3.8) is 0 Å². The van der Waals surface area contributed by atoms with Gasteiger partial charge >= 0.3 is 0 Å². The molecule has 4 rings (SSSR count). The van der Waals surface area contributed by atoms with E-state index in [9.17, 15) is 18.3 Å². The van der Waals surface area contributed by atoms with E-state index in [1.165, 1.54) is 0 Å². The predicted molar refractivity (Wildman–Crippen MR) is 145 cm³/mol. The van der Waals surface area contributed by atoms with E-state index in [0.29, 0.717) is 64.5 Å². The molecule has 0 aliphatic carbocycles. The minimum Gasteiger partial charge on any atom is -0.389 e. The molecule has 2 N–H and O–H groups in total. The third-order valence-electron chi connectivity index (χ3n) is 7.02. The summed E-state index contributed by atoms with van der Waals surface area (Å²) >= 11 is 0. The average Bonchev–Trinajstić information content (AvgIpc) is 3.29. The third kappa shape index (κ3) is 7.49. The molecular weight excluding hydrogens is 508 g/mol. The Bertz CT molecular complexity index is 1220. The van der Waals surface area contributed by atoms with Gasteiger partial charge in [0.2, 0.25) is 21.9 Å². The summed E-state index contributed by atoms with van der Waals surface area (Å²) < 4.78 is 29.1. The molecule has 210 valence electrons. The number of hydrogen-bond donors (Lipinski definition) is 2. The molecule has 1 amide bonds. The van der Waals surface area contributed by atoms with Gasteiger partial charge in [-0.15, -0.1) is 0 Å². The number of hydrogen-bond acceptors (Lipinski definition) is 9. The lowest BCUT2D eigenvalue weighted by Crippen LogP contribution is -2.49. The number of amides is 1. The van der Waals surface area contributed by atoms with Gasteiger partial charge in [-0.3, -0.25) is 14.4 Å². The Morgan fingerprint density at radius 2 is 1.89 bits per heavy atom. The zero-order valence-electron chi connectivity index (χ0n) is 22.8. The molecule has 2 fully saturated rings. The van der Waals surface area contributed by atoms with Gasteiger partial charge in [-0.25, -0.2) is 22.7 Å². The number of piperidine rings is 1. The van der Waals surface area contributed by atoms with Crippen molar-refractivity contribution in [2.45, 2.75) is 58.2 Å². The van der Waals surface area contributed by atoms with Crippen LogP contribution < -0.4 is 5.32 Å². The normalized spacial score (nSPS) is 18.8. The first kappa shape index (κ1) is 28.4. The Balaban J connectivity index is 1.27. The standard InChI is InChI=1S/C25H40N8O4S/c1-19-14-26-24(29-23(19)20-15-27-32(16-20)18-25(2,3)35)28-21-6-9-33(10-7-21)38(36,37)13-5-8-31-12-11-30(4)22(34)17-31/h14-16,21,35H,5-13,17-18H2,1-4H3,(H,26,28,29). The minimum absolute atomic E-state index is 0.0752. The molecule has 4 heterocycles. The van der Waals surface area contributed by atoms with Crippen LogP contribution >= 0.6 is 0 Å². The maximum atomic E-state index is 12.9. The van der Waals surface area contributed by atoms with Crippen LogP contribution in [0.3, 0.4) is 0 Å². The number of nitrogens with zero attached hydrogens (tertiary/aromatic N) is 7. The van der Waals surface area contributed by atoms with E-state index >= 15 is 0 Å². The van der Waals surface area contributed by atoms with Gasteiger partial charge in [0.15, 0.2) is 0 Å². The minimum atomic E-state index is -3.34. The van der Waals surface area contributed by atoms with Crippen LogP contribution in [0, 0.1) is 6.92 Å². The molecule has 12 nitrogen and oxygen atoms in total. The number of likely N-dealkylation sites (N-methyl/N-ethyl adjacent to an activating group) is 1. The van der Waals surface area contributed by atoms with Gasteiger partial charge < -0.3 is 15.3 Å². The smallest absolute Gasteiger partial charge is 0.236 e. The van der Waals surface area contributed by atoms with Crippen LogP contribution in [0.15, 0.2) is 18.6 Å². The van der Waals surface area contributed by atoms with Crippen LogP contribution in [0.4, 0.5) is 5.95 Å². The van der Waals surface area contributed by atoms with Gasteiger partial charge in [0.25, 0.3) is 0 Å². The summed E-state index contributed by atoms with van der Waals surface area (Å²) in [5.74, 6) is 0.681. The molecule has 2 aliphatic rings. The second-order valence-electron chi connectivity index (χ2n) is 11.0. The lowest BCUT2D eigenvalue weighted by atomic mass is 10.1. The number of aliphatic hydroxyl groups is 1. The molecule has 2 aliphatic heterocycles. The van der Waals surface area contributed by atoms with E-state index in [0.717, 1.165) is 23.4 Å². The number of carbonyl (C=O) groups excluding carboxylic acids is 1. The lowest BCUT2D eigenvalue weighted by molar-refractivity contribution is -0.134. The van der Waals surface area contributed by atoms with Crippen molar-refractivity contribution in [3.05, 3.63) is 24.2 Å². The van der Waals surface area contributed by atoms with Crippen LogP contribution in [0.5, 0.6) is 0 Å². The highest BCUT2D eigenvalue weighted by Crippen LogP contribution is 2.24. The number of anilines is 1. The fourth-order valence-electron chi connectivity index (χ4n) is 4.83. The Morgan fingerprint density at radius 3 is 2.58 bits per heavy atom. The summed E-state index contributed by atoms with van der Waals surface area (Å²) in [5.41, 5.74) is 1.66. The highest BCUT2D eigenvalue weighted by atomic mass is 32.2. The van der Waals surface area contributed by atoms with Crippen LogP contribution in [-0.4, -0.2) is 117 Å². The van der Waals surface area contributed by atoms with Crippen LogP contribution in [0.1, 0.15) is 38.7 Å². The zero-order valence-corrected chi connectivity index (χ0v) is 23.6. The molecule has 13 heteroatoms. The fourth-order valence-corrected chi connectivity index (χ4v) is 6.35. The van der Waals surface area contributed by atoms with Gasteiger partial charge in [-0.05, 0) is 52.1 Å². The Hall–Kier alpha value is -2.61. The molecule has 0 atom stereocenters. The number of sulfonamides is 1. The van der Waals surface area contributed by atoms with Crippen molar-refractivity contribution in [1.82, 2.24) is 33.9 Å². The van der Waals surface area contributed by atoms with E-state index in [4.69, 9.17) is 4.98 Å². The monoisotopic (exact) mass is 548 g/mol. The first-order chi connectivity index (χ1) is 17.9. The predicted octanol–water partition coefficient (Wildman–Crippen LogP) is 0.790. The molecule has 0 spiro atoms. The highest BCUT2D eigenvalue weighted by Gasteiger charge is 2.29. The van der Waals surface area contributed by atoms with Crippen molar-refractivity contribution in [1.29, 1.82) is 0 Å². The van der Waals surface area contributed by atoms with Gasteiger partial charge in [-0.2, -0.15) is 5.10 Å². The molecule has 0 saturated carbocycles. The molecule has 0 bridgehead atoms. The Labute approximate surface area is 225 Å². The first-order valence-corrected chi connectivity index (χ1v) is 14.8. The molecule has 2 aromatic heterocycles. The Kier molecular flexibility index (Phi) is 8.70. The van der Waals surface area contributed by atoms with Gasteiger partial charge in [-0.1, -0.05) is 0 Å². The number of rotatable bonds is 10. The second-order valence-corrected chi connectivity index (χ2v) is 13.1. The summed E-state index contributed by atoms with van der Waals surface area (Å²) in [7, 11) is -1.54. The quantitative estimate of drug-likeness (QED) is 0.441. The molecule has 38 heavy (non-hydrogen) atoms.